The summed E-state index contributed by atoms with van der Waals surface area (Å²) in [5.41, 5.74) is 2.59. The van der Waals surface area contributed by atoms with Gasteiger partial charge in [0.25, 0.3) is 0 Å². The molecule has 1 heterocycles. The summed E-state index contributed by atoms with van der Waals surface area (Å²) in [6.45, 7) is 10.3. The van der Waals surface area contributed by atoms with Crippen molar-refractivity contribution in [1.82, 2.24) is 20.1 Å². The Bertz CT molecular complexity index is 528. The minimum absolute atomic E-state index is 0.305. The first-order valence-corrected chi connectivity index (χ1v) is 7.23. The highest BCUT2D eigenvalue weighted by Gasteiger charge is 2.09. The summed E-state index contributed by atoms with van der Waals surface area (Å²) >= 11 is 0. The molecule has 20 heavy (non-hydrogen) atoms. The van der Waals surface area contributed by atoms with Gasteiger partial charge in [0.05, 0.1) is 6.54 Å². The predicted molar refractivity (Wildman–Crippen MR) is 81.3 cm³/mol. The van der Waals surface area contributed by atoms with Crippen LogP contribution in [0.15, 0.2) is 30.6 Å². The molecule has 0 spiro atoms. The Morgan fingerprint density at radius 2 is 1.85 bits per heavy atom. The monoisotopic (exact) mass is 272 g/mol. The molecular weight excluding hydrogens is 248 g/mol. The summed E-state index contributed by atoms with van der Waals surface area (Å²) in [4.78, 5) is 4.34. The van der Waals surface area contributed by atoms with Crippen molar-refractivity contribution in [3.8, 4) is 0 Å². The van der Waals surface area contributed by atoms with E-state index in [-0.39, 0.29) is 0 Å². The lowest BCUT2D eigenvalue weighted by Gasteiger charge is -2.15. The van der Waals surface area contributed by atoms with Crippen LogP contribution in [0.1, 0.15) is 43.8 Å². The molecule has 4 heteroatoms. The van der Waals surface area contributed by atoms with Crippen molar-refractivity contribution in [2.24, 2.45) is 5.92 Å². The van der Waals surface area contributed by atoms with Crippen molar-refractivity contribution in [3.05, 3.63) is 47.5 Å². The van der Waals surface area contributed by atoms with Crippen LogP contribution < -0.4 is 5.32 Å². The molecule has 1 atom stereocenters. The molecule has 0 radical (unpaired) electrons. The minimum Gasteiger partial charge on any atom is -0.303 e. The standard InChI is InChI=1S/C16H24N4/c1-12(2)10-20-16(18-11-19-20)9-17-14(4)15-7-5-13(3)6-8-15/h5-8,11-12,14,17H,9-10H2,1-4H3/t14-/m0/s1. The van der Waals surface area contributed by atoms with E-state index in [1.165, 1.54) is 11.1 Å². The molecule has 1 aromatic heterocycles. The fraction of sp³-hybridized carbons (Fsp3) is 0.500. The lowest BCUT2D eigenvalue weighted by Crippen LogP contribution is -2.22. The first-order valence-electron chi connectivity index (χ1n) is 7.23. The summed E-state index contributed by atoms with van der Waals surface area (Å²) < 4.78 is 1.99. The van der Waals surface area contributed by atoms with E-state index < -0.39 is 0 Å². The topological polar surface area (TPSA) is 42.7 Å². The Balaban J connectivity index is 1.95. The van der Waals surface area contributed by atoms with Crippen LogP contribution in [0.25, 0.3) is 0 Å². The van der Waals surface area contributed by atoms with Crippen LogP contribution in [0.3, 0.4) is 0 Å². The predicted octanol–water partition coefficient (Wildman–Crippen LogP) is 3.09. The summed E-state index contributed by atoms with van der Waals surface area (Å²) in [6.07, 6.45) is 1.63. The molecule has 0 amide bonds. The van der Waals surface area contributed by atoms with E-state index in [2.05, 4.69) is 67.4 Å². The Hall–Kier alpha value is -1.68. The number of rotatable bonds is 6. The third-order valence-electron chi connectivity index (χ3n) is 3.38. The second-order valence-electron chi connectivity index (χ2n) is 5.77. The molecule has 1 aromatic carbocycles. The Morgan fingerprint density at radius 3 is 2.50 bits per heavy atom. The SMILES string of the molecule is Cc1ccc([C@H](C)NCc2ncnn2CC(C)C)cc1. The van der Waals surface area contributed by atoms with E-state index in [9.17, 15) is 0 Å². The van der Waals surface area contributed by atoms with Crippen molar-refractivity contribution in [1.29, 1.82) is 0 Å². The molecule has 0 saturated carbocycles. The number of benzene rings is 1. The minimum atomic E-state index is 0.305. The van der Waals surface area contributed by atoms with Crippen molar-refractivity contribution in [2.45, 2.75) is 46.8 Å². The van der Waals surface area contributed by atoms with Gasteiger partial charge in [-0.15, -0.1) is 0 Å². The molecule has 0 aliphatic carbocycles. The van der Waals surface area contributed by atoms with Crippen LogP contribution in [-0.2, 0) is 13.1 Å². The van der Waals surface area contributed by atoms with Crippen molar-refractivity contribution in [2.75, 3.05) is 0 Å². The summed E-state index contributed by atoms with van der Waals surface area (Å²) in [6, 6.07) is 8.95. The zero-order chi connectivity index (χ0) is 14.5. The summed E-state index contributed by atoms with van der Waals surface area (Å²) in [5, 5.41) is 7.80. The second kappa shape index (κ2) is 6.66. The van der Waals surface area contributed by atoms with Gasteiger partial charge in [-0.25, -0.2) is 9.67 Å². The largest absolute Gasteiger partial charge is 0.303 e. The lowest BCUT2D eigenvalue weighted by molar-refractivity contribution is 0.449. The van der Waals surface area contributed by atoms with Crippen LogP contribution >= 0.6 is 0 Å². The number of hydrogen-bond acceptors (Lipinski definition) is 3. The normalized spacial score (nSPS) is 12.8. The Labute approximate surface area is 121 Å². The van der Waals surface area contributed by atoms with E-state index in [0.717, 1.165) is 18.9 Å². The highest BCUT2D eigenvalue weighted by atomic mass is 15.3. The lowest BCUT2D eigenvalue weighted by atomic mass is 10.1. The number of nitrogens with zero attached hydrogens (tertiary/aromatic N) is 3. The molecule has 0 fully saturated rings. The molecule has 108 valence electrons. The quantitative estimate of drug-likeness (QED) is 0.878. The Morgan fingerprint density at radius 1 is 1.15 bits per heavy atom. The molecule has 0 unspecified atom stereocenters. The van der Waals surface area contributed by atoms with E-state index in [4.69, 9.17) is 0 Å². The van der Waals surface area contributed by atoms with Crippen LogP contribution in [-0.4, -0.2) is 14.8 Å². The van der Waals surface area contributed by atoms with Gasteiger partial charge in [0, 0.05) is 12.6 Å². The van der Waals surface area contributed by atoms with Crippen molar-refractivity contribution < 1.29 is 0 Å². The summed E-state index contributed by atoms with van der Waals surface area (Å²) in [7, 11) is 0. The van der Waals surface area contributed by atoms with Gasteiger partial charge in [-0.05, 0) is 25.3 Å². The number of hydrogen-bond donors (Lipinski definition) is 1. The van der Waals surface area contributed by atoms with E-state index in [0.29, 0.717) is 12.0 Å². The second-order valence-corrected chi connectivity index (χ2v) is 5.77. The van der Waals surface area contributed by atoms with Gasteiger partial charge < -0.3 is 5.32 Å². The third-order valence-corrected chi connectivity index (χ3v) is 3.38. The highest BCUT2D eigenvalue weighted by molar-refractivity contribution is 5.23. The van der Waals surface area contributed by atoms with Gasteiger partial charge in [0.2, 0.25) is 0 Å². The van der Waals surface area contributed by atoms with Crippen LogP contribution in [0.5, 0.6) is 0 Å². The molecule has 2 aromatic rings. The molecule has 0 aliphatic rings. The van der Waals surface area contributed by atoms with Gasteiger partial charge in [-0.1, -0.05) is 43.7 Å². The third kappa shape index (κ3) is 3.90. The zero-order valence-electron chi connectivity index (χ0n) is 12.8. The zero-order valence-corrected chi connectivity index (χ0v) is 12.8. The van der Waals surface area contributed by atoms with Crippen molar-refractivity contribution in [3.63, 3.8) is 0 Å². The average molecular weight is 272 g/mol. The first-order chi connectivity index (χ1) is 9.56. The Kier molecular flexibility index (Phi) is 4.90. The maximum absolute atomic E-state index is 4.34. The van der Waals surface area contributed by atoms with Gasteiger partial charge in [0.1, 0.15) is 12.2 Å². The van der Waals surface area contributed by atoms with E-state index in [1.54, 1.807) is 6.33 Å². The van der Waals surface area contributed by atoms with Crippen molar-refractivity contribution >= 4 is 0 Å². The van der Waals surface area contributed by atoms with Crippen LogP contribution in [0.4, 0.5) is 0 Å². The van der Waals surface area contributed by atoms with Gasteiger partial charge in [0.15, 0.2) is 0 Å². The van der Waals surface area contributed by atoms with Gasteiger partial charge in [-0.3, -0.25) is 0 Å². The smallest absolute Gasteiger partial charge is 0.140 e. The number of aryl methyl sites for hydroxylation is 1. The average Bonchev–Trinajstić information content (AvgIpc) is 2.83. The fourth-order valence-electron chi connectivity index (χ4n) is 2.14. The summed E-state index contributed by atoms with van der Waals surface area (Å²) in [5.74, 6) is 1.57. The maximum atomic E-state index is 4.34. The molecule has 1 N–H and O–H groups in total. The van der Waals surface area contributed by atoms with Gasteiger partial charge >= 0.3 is 0 Å². The van der Waals surface area contributed by atoms with E-state index in [1.807, 2.05) is 4.68 Å². The molecular formula is C16H24N4. The van der Waals surface area contributed by atoms with E-state index >= 15 is 0 Å². The maximum Gasteiger partial charge on any atom is 0.140 e. The molecule has 0 aliphatic heterocycles. The fourth-order valence-corrected chi connectivity index (χ4v) is 2.14. The molecule has 2 rings (SSSR count). The molecule has 4 nitrogen and oxygen atoms in total. The van der Waals surface area contributed by atoms with Crippen LogP contribution in [0.2, 0.25) is 0 Å². The number of aromatic nitrogens is 3. The number of nitrogens with one attached hydrogen (secondary N) is 1. The van der Waals surface area contributed by atoms with Gasteiger partial charge in [-0.2, -0.15) is 5.10 Å². The molecule has 0 bridgehead atoms. The molecule has 0 saturated heterocycles. The van der Waals surface area contributed by atoms with Crippen LogP contribution in [0, 0.1) is 12.8 Å². The first kappa shape index (κ1) is 14.7. The highest BCUT2D eigenvalue weighted by Crippen LogP contribution is 2.13.